The van der Waals surface area contributed by atoms with E-state index in [4.69, 9.17) is 0 Å². The van der Waals surface area contributed by atoms with Crippen molar-refractivity contribution in [1.29, 1.82) is 0 Å². The topological polar surface area (TPSA) is 81.2 Å². The van der Waals surface area contributed by atoms with Crippen LogP contribution in [-0.4, -0.2) is 93.5 Å². The van der Waals surface area contributed by atoms with Gasteiger partial charge in [0.2, 0.25) is 11.8 Å². The van der Waals surface area contributed by atoms with Crippen LogP contribution in [-0.2, 0) is 26.8 Å². The number of aliphatic hydroxyl groups is 1. The molecular weight excluding hydrogens is 378 g/mol. The Hall–Kier alpha value is -1.77. The van der Waals surface area contributed by atoms with Gasteiger partial charge in [0.1, 0.15) is 0 Å². The van der Waals surface area contributed by atoms with Crippen molar-refractivity contribution < 1.29 is 18.9 Å². The normalized spacial score (nSPS) is 24.4. The molecule has 1 aromatic rings. The molecule has 0 radical (unpaired) electrons. The first-order chi connectivity index (χ1) is 13.3. The highest BCUT2D eigenvalue weighted by atomic mass is 32.2. The molecule has 2 amide bonds. The number of hydrogen-bond donors (Lipinski definition) is 1. The van der Waals surface area contributed by atoms with Gasteiger partial charge in [-0.3, -0.25) is 18.7 Å². The Morgan fingerprint density at radius 1 is 1.14 bits per heavy atom. The minimum Gasteiger partial charge on any atom is -0.392 e. The maximum Gasteiger partial charge on any atom is 0.227 e. The molecule has 1 N–H and O–H groups in total. The first kappa shape index (κ1) is 21.0. The Balaban J connectivity index is 1.68. The van der Waals surface area contributed by atoms with Crippen molar-refractivity contribution in [1.82, 2.24) is 14.7 Å². The van der Waals surface area contributed by atoms with Crippen LogP contribution in [0.4, 0.5) is 0 Å². The van der Waals surface area contributed by atoms with Crippen LogP contribution in [0.25, 0.3) is 0 Å². The minimum absolute atomic E-state index is 0.0294. The number of carbonyl (C=O) groups is 2. The van der Waals surface area contributed by atoms with Gasteiger partial charge in [0.15, 0.2) is 0 Å². The molecule has 1 aromatic carbocycles. The number of rotatable bonds is 5. The van der Waals surface area contributed by atoms with Crippen molar-refractivity contribution in [3.8, 4) is 0 Å². The Bertz CT molecular complexity index is 739. The molecular formula is C20H29N3O4S. The summed E-state index contributed by atoms with van der Waals surface area (Å²) in [6.07, 6.45) is 2.37. The van der Waals surface area contributed by atoms with Gasteiger partial charge >= 0.3 is 0 Å². The molecule has 8 heteroatoms. The van der Waals surface area contributed by atoms with E-state index < -0.39 is 10.8 Å². The third kappa shape index (κ3) is 5.18. The molecule has 2 heterocycles. The average molecular weight is 408 g/mol. The molecule has 2 aliphatic rings. The monoisotopic (exact) mass is 407 g/mol. The summed E-state index contributed by atoms with van der Waals surface area (Å²) in [5, 5.41) is 9.79. The summed E-state index contributed by atoms with van der Waals surface area (Å²) in [5.74, 6) is 0.0695. The highest BCUT2D eigenvalue weighted by Gasteiger charge is 2.34. The van der Waals surface area contributed by atoms with Gasteiger partial charge in [-0.25, -0.2) is 0 Å². The highest BCUT2D eigenvalue weighted by Crippen LogP contribution is 2.18. The predicted molar refractivity (Wildman–Crippen MR) is 107 cm³/mol. The first-order valence-corrected chi connectivity index (χ1v) is 11.3. The summed E-state index contributed by atoms with van der Waals surface area (Å²) in [7, 11) is -1.03. The van der Waals surface area contributed by atoms with Gasteiger partial charge in [0.25, 0.3) is 0 Å². The lowest BCUT2D eigenvalue weighted by molar-refractivity contribution is -0.142. The third-order valence-electron chi connectivity index (χ3n) is 5.58. The number of piperazine rings is 1. The molecule has 3 rings (SSSR count). The van der Waals surface area contributed by atoms with E-state index in [1.165, 1.54) is 0 Å². The van der Waals surface area contributed by atoms with E-state index in [-0.39, 0.29) is 30.4 Å². The number of carbonyl (C=O) groups excluding carboxylic acids is 2. The fourth-order valence-electron chi connectivity index (χ4n) is 3.98. The lowest BCUT2D eigenvalue weighted by Gasteiger charge is -2.42. The van der Waals surface area contributed by atoms with Gasteiger partial charge < -0.3 is 14.9 Å². The molecule has 3 atom stereocenters. The number of β-amino-alcohol motifs (C(OH)–C–C–N with tert-alkyl or cyclic N) is 1. The van der Waals surface area contributed by atoms with E-state index in [1.807, 2.05) is 17.0 Å². The van der Waals surface area contributed by atoms with E-state index in [2.05, 4.69) is 4.90 Å². The molecule has 2 fully saturated rings. The largest absolute Gasteiger partial charge is 0.392 e. The quantitative estimate of drug-likeness (QED) is 0.748. The van der Waals surface area contributed by atoms with E-state index in [0.717, 1.165) is 23.4 Å². The zero-order valence-electron chi connectivity index (χ0n) is 16.5. The van der Waals surface area contributed by atoms with Gasteiger partial charge in [-0.1, -0.05) is 12.1 Å². The number of benzene rings is 1. The Morgan fingerprint density at radius 3 is 2.43 bits per heavy atom. The standard InChI is InChI=1S/C20H29N3O4S/c1-15(24)22-9-10-23(17(13-22)12-21-8-7-18(25)14-21)20(26)11-16-3-5-19(6-4-16)28(2)27/h3-6,17-18,25H,7-14H2,1-2H3/t17-,18+,28?/m0/s1. The van der Waals surface area contributed by atoms with Crippen LogP contribution in [0.5, 0.6) is 0 Å². The lowest BCUT2D eigenvalue weighted by Crippen LogP contribution is -2.59. The third-order valence-corrected chi connectivity index (χ3v) is 6.51. The van der Waals surface area contributed by atoms with Crippen molar-refractivity contribution in [3.63, 3.8) is 0 Å². The van der Waals surface area contributed by atoms with E-state index in [0.29, 0.717) is 32.7 Å². The Kier molecular flexibility index (Phi) is 6.85. The maximum atomic E-state index is 13.0. The second kappa shape index (κ2) is 9.15. The Labute approximate surface area is 168 Å². The molecule has 0 bridgehead atoms. The summed E-state index contributed by atoms with van der Waals surface area (Å²) in [4.78, 5) is 31.4. The number of hydrogen-bond acceptors (Lipinski definition) is 5. The predicted octanol–water partition coefficient (Wildman–Crippen LogP) is 0.0924. The van der Waals surface area contributed by atoms with Crippen molar-refractivity contribution >= 4 is 22.6 Å². The van der Waals surface area contributed by atoms with Gasteiger partial charge in [-0.05, 0) is 24.1 Å². The zero-order chi connectivity index (χ0) is 20.3. The summed E-state index contributed by atoms with van der Waals surface area (Å²) in [6.45, 7) is 5.27. The first-order valence-electron chi connectivity index (χ1n) is 9.71. The molecule has 0 spiro atoms. The SMILES string of the molecule is CC(=O)N1CCN(C(=O)Cc2ccc(S(C)=O)cc2)[C@@H](CN2CC[C@@H](O)C2)C1. The maximum absolute atomic E-state index is 13.0. The van der Waals surface area contributed by atoms with Crippen molar-refractivity contribution in [3.05, 3.63) is 29.8 Å². The van der Waals surface area contributed by atoms with Crippen LogP contribution >= 0.6 is 0 Å². The molecule has 2 saturated heterocycles. The summed E-state index contributed by atoms with van der Waals surface area (Å²) in [6, 6.07) is 7.24. The molecule has 1 unspecified atom stereocenters. The molecule has 0 saturated carbocycles. The second-order valence-electron chi connectivity index (χ2n) is 7.68. The molecule has 7 nitrogen and oxygen atoms in total. The van der Waals surface area contributed by atoms with E-state index in [1.54, 1.807) is 30.2 Å². The van der Waals surface area contributed by atoms with Crippen molar-refractivity contribution in [2.24, 2.45) is 0 Å². The summed E-state index contributed by atoms with van der Waals surface area (Å²) < 4.78 is 11.5. The fourth-order valence-corrected chi connectivity index (χ4v) is 4.50. The summed E-state index contributed by atoms with van der Waals surface area (Å²) in [5.41, 5.74) is 0.892. The molecule has 154 valence electrons. The highest BCUT2D eigenvalue weighted by molar-refractivity contribution is 7.84. The van der Waals surface area contributed by atoms with Crippen molar-refractivity contribution in [2.75, 3.05) is 45.5 Å². The lowest BCUT2D eigenvalue weighted by atomic mass is 10.1. The zero-order valence-corrected chi connectivity index (χ0v) is 17.4. The Morgan fingerprint density at radius 2 is 1.86 bits per heavy atom. The number of amides is 2. The van der Waals surface area contributed by atoms with E-state index in [9.17, 15) is 18.9 Å². The van der Waals surface area contributed by atoms with Crippen LogP contribution in [0, 0.1) is 0 Å². The molecule has 2 aliphatic heterocycles. The number of nitrogens with zero attached hydrogens (tertiary/aromatic N) is 3. The molecule has 28 heavy (non-hydrogen) atoms. The number of likely N-dealkylation sites (tertiary alicyclic amines) is 1. The second-order valence-corrected chi connectivity index (χ2v) is 9.06. The number of aliphatic hydroxyl groups excluding tert-OH is 1. The van der Waals surface area contributed by atoms with Crippen molar-refractivity contribution in [2.45, 2.75) is 36.8 Å². The smallest absolute Gasteiger partial charge is 0.227 e. The van der Waals surface area contributed by atoms with Crippen LogP contribution in [0.3, 0.4) is 0 Å². The van der Waals surface area contributed by atoms with Gasteiger partial charge in [-0.2, -0.15) is 0 Å². The fraction of sp³-hybridized carbons (Fsp3) is 0.600. The van der Waals surface area contributed by atoms with Gasteiger partial charge in [0.05, 0.1) is 18.6 Å². The van der Waals surface area contributed by atoms with Crippen LogP contribution in [0.1, 0.15) is 18.9 Å². The molecule has 0 aromatic heterocycles. The van der Waals surface area contributed by atoms with Gasteiger partial charge in [-0.15, -0.1) is 0 Å². The van der Waals surface area contributed by atoms with Crippen LogP contribution in [0.15, 0.2) is 29.2 Å². The van der Waals surface area contributed by atoms with Crippen LogP contribution in [0.2, 0.25) is 0 Å². The van der Waals surface area contributed by atoms with Crippen LogP contribution < -0.4 is 0 Å². The average Bonchev–Trinajstić information content (AvgIpc) is 3.06. The molecule has 0 aliphatic carbocycles. The van der Waals surface area contributed by atoms with E-state index >= 15 is 0 Å². The minimum atomic E-state index is -1.03. The summed E-state index contributed by atoms with van der Waals surface area (Å²) >= 11 is 0. The van der Waals surface area contributed by atoms with Gasteiger partial charge in [0, 0.05) is 68.1 Å².